The third kappa shape index (κ3) is 5.16. The predicted molar refractivity (Wildman–Crippen MR) is 112 cm³/mol. The number of hydrogen-bond acceptors (Lipinski definition) is 4. The van der Waals surface area contributed by atoms with Crippen molar-refractivity contribution >= 4 is 11.7 Å². The number of likely N-dealkylation sites (N-methyl/N-ethyl adjacent to an activating group) is 1. The summed E-state index contributed by atoms with van der Waals surface area (Å²) in [5.74, 6) is 0.700. The van der Waals surface area contributed by atoms with E-state index in [0.29, 0.717) is 6.54 Å². The molecular weight excluding hydrogens is 348 g/mol. The molecule has 5 nitrogen and oxygen atoms in total. The number of hydrogen-bond donors (Lipinski definition) is 1. The normalized spacial score (nSPS) is 11.6. The Labute approximate surface area is 166 Å². The van der Waals surface area contributed by atoms with Crippen molar-refractivity contribution in [1.29, 1.82) is 0 Å². The van der Waals surface area contributed by atoms with Crippen molar-refractivity contribution in [3.05, 3.63) is 89.9 Å². The Hall–Kier alpha value is -3.21. The lowest BCUT2D eigenvalue weighted by atomic mass is 10.0. The van der Waals surface area contributed by atoms with E-state index < -0.39 is 0 Å². The standard InChI is InChI=1S/C23H26N4O/c1-18(19-9-4-3-5-10-19)23(28)26-17-20-11-8-15-25-22(20)27(2)16-13-21-12-6-7-14-24-21/h3-12,14-15,18H,13,16-17H2,1-2H3,(H,26,28). The number of benzene rings is 1. The van der Waals surface area contributed by atoms with Crippen LogP contribution in [0.3, 0.4) is 0 Å². The van der Waals surface area contributed by atoms with Gasteiger partial charge in [-0.05, 0) is 30.7 Å². The maximum Gasteiger partial charge on any atom is 0.227 e. The minimum Gasteiger partial charge on any atom is -0.359 e. The van der Waals surface area contributed by atoms with Crippen LogP contribution in [0.4, 0.5) is 5.82 Å². The van der Waals surface area contributed by atoms with Gasteiger partial charge in [0, 0.05) is 50.2 Å². The first-order valence-corrected chi connectivity index (χ1v) is 9.52. The van der Waals surface area contributed by atoms with Gasteiger partial charge in [-0.3, -0.25) is 9.78 Å². The van der Waals surface area contributed by atoms with Gasteiger partial charge in [0.15, 0.2) is 0 Å². The Kier molecular flexibility index (Phi) is 6.73. The minimum absolute atomic E-state index is 0.0112. The largest absolute Gasteiger partial charge is 0.359 e. The summed E-state index contributed by atoms with van der Waals surface area (Å²) < 4.78 is 0. The molecule has 0 radical (unpaired) electrons. The highest BCUT2D eigenvalue weighted by molar-refractivity contribution is 5.83. The van der Waals surface area contributed by atoms with E-state index in [9.17, 15) is 4.79 Å². The topological polar surface area (TPSA) is 58.1 Å². The van der Waals surface area contributed by atoms with Crippen LogP contribution < -0.4 is 10.2 Å². The molecule has 1 atom stereocenters. The lowest BCUT2D eigenvalue weighted by Gasteiger charge is -2.21. The summed E-state index contributed by atoms with van der Waals surface area (Å²) >= 11 is 0. The number of amides is 1. The molecule has 0 aliphatic rings. The van der Waals surface area contributed by atoms with Gasteiger partial charge in [0.05, 0.1) is 5.92 Å². The van der Waals surface area contributed by atoms with Gasteiger partial charge >= 0.3 is 0 Å². The number of nitrogens with one attached hydrogen (secondary N) is 1. The Morgan fingerprint density at radius 1 is 1.00 bits per heavy atom. The van der Waals surface area contributed by atoms with Crippen LogP contribution in [-0.4, -0.2) is 29.5 Å². The van der Waals surface area contributed by atoms with Gasteiger partial charge in [-0.2, -0.15) is 0 Å². The number of aromatic nitrogens is 2. The molecule has 2 heterocycles. The van der Waals surface area contributed by atoms with E-state index in [1.807, 2.05) is 80.8 Å². The van der Waals surface area contributed by atoms with Gasteiger partial charge in [0.2, 0.25) is 5.91 Å². The van der Waals surface area contributed by atoms with Crippen LogP contribution >= 0.6 is 0 Å². The molecule has 1 N–H and O–H groups in total. The number of rotatable bonds is 8. The van der Waals surface area contributed by atoms with Crippen LogP contribution in [0.2, 0.25) is 0 Å². The van der Waals surface area contributed by atoms with E-state index in [4.69, 9.17) is 0 Å². The molecule has 1 unspecified atom stereocenters. The Morgan fingerprint density at radius 3 is 2.50 bits per heavy atom. The summed E-state index contributed by atoms with van der Waals surface area (Å²) in [4.78, 5) is 23.6. The molecule has 2 aromatic heterocycles. The van der Waals surface area contributed by atoms with E-state index in [1.165, 1.54) is 0 Å². The number of anilines is 1. The average Bonchev–Trinajstić information content (AvgIpc) is 2.76. The van der Waals surface area contributed by atoms with Gasteiger partial charge in [-0.1, -0.05) is 42.5 Å². The number of carbonyl (C=O) groups excluding carboxylic acids is 1. The summed E-state index contributed by atoms with van der Waals surface area (Å²) in [6.45, 7) is 3.18. The van der Waals surface area contributed by atoms with Crippen molar-refractivity contribution in [1.82, 2.24) is 15.3 Å². The van der Waals surface area contributed by atoms with Crippen LogP contribution in [0.15, 0.2) is 73.1 Å². The van der Waals surface area contributed by atoms with Crippen LogP contribution in [0.25, 0.3) is 0 Å². The maximum atomic E-state index is 12.6. The summed E-state index contributed by atoms with van der Waals surface area (Å²) in [5.41, 5.74) is 3.07. The fourth-order valence-corrected chi connectivity index (χ4v) is 3.07. The van der Waals surface area contributed by atoms with E-state index >= 15 is 0 Å². The lowest BCUT2D eigenvalue weighted by molar-refractivity contribution is -0.122. The summed E-state index contributed by atoms with van der Waals surface area (Å²) in [6.07, 6.45) is 4.43. The fourth-order valence-electron chi connectivity index (χ4n) is 3.07. The van der Waals surface area contributed by atoms with Gasteiger partial charge in [0.25, 0.3) is 0 Å². The molecule has 28 heavy (non-hydrogen) atoms. The van der Waals surface area contributed by atoms with Crippen molar-refractivity contribution in [2.75, 3.05) is 18.5 Å². The molecule has 0 saturated heterocycles. The molecule has 0 aliphatic carbocycles. The molecule has 3 aromatic rings. The van der Waals surface area contributed by atoms with E-state index in [-0.39, 0.29) is 11.8 Å². The van der Waals surface area contributed by atoms with Crippen molar-refractivity contribution in [3.8, 4) is 0 Å². The first kappa shape index (κ1) is 19.5. The molecule has 0 spiro atoms. The Balaban J connectivity index is 1.61. The van der Waals surface area contributed by atoms with Gasteiger partial charge < -0.3 is 10.2 Å². The smallest absolute Gasteiger partial charge is 0.227 e. The van der Waals surface area contributed by atoms with Gasteiger partial charge in [-0.15, -0.1) is 0 Å². The minimum atomic E-state index is -0.191. The molecule has 0 bridgehead atoms. The van der Waals surface area contributed by atoms with Crippen molar-refractivity contribution in [2.45, 2.75) is 25.8 Å². The molecule has 144 valence electrons. The predicted octanol–water partition coefficient (Wildman–Crippen LogP) is 3.58. The molecule has 0 saturated carbocycles. The fraction of sp³-hybridized carbons (Fsp3) is 0.261. The molecule has 1 aromatic carbocycles. The van der Waals surface area contributed by atoms with E-state index in [0.717, 1.165) is 35.6 Å². The number of nitrogens with zero attached hydrogens (tertiary/aromatic N) is 3. The summed E-state index contributed by atoms with van der Waals surface area (Å²) in [5, 5.41) is 3.05. The second-order valence-corrected chi connectivity index (χ2v) is 6.83. The first-order valence-electron chi connectivity index (χ1n) is 9.52. The number of carbonyl (C=O) groups is 1. The first-order chi connectivity index (χ1) is 13.6. The second-order valence-electron chi connectivity index (χ2n) is 6.83. The molecule has 0 fully saturated rings. The summed E-state index contributed by atoms with van der Waals surface area (Å²) in [6, 6.07) is 19.7. The van der Waals surface area contributed by atoms with Gasteiger partial charge in [0.1, 0.15) is 5.82 Å². The third-order valence-electron chi connectivity index (χ3n) is 4.80. The molecule has 1 amide bonds. The van der Waals surface area contributed by atoms with E-state index in [2.05, 4.69) is 20.2 Å². The molecule has 3 rings (SSSR count). The Bertz CT molecular complexity index is 883. The zero-order chi connectivity index (χ0) is 19.8. The zero-order valence-corrected chi connectivity index (χ0v) is 16.4. The van der Waals surface area contributed by atoms with E-state index in [1.54, 1.807) is 6.20 Å². The maximum absolute atomic E-state index is 12.6. The van der Waals surface area contributed by atoms with Crippen LogP contribution in [0.5, 0.6) is 0 Å². The van der Waals surface area contributed by atoms with Gasteiger partial charge in [-0.25, -0.2) is 4.98 Å². The second kappa shape index (κ2) is 9.65. The highest BCUT2D eigenvalue weighted by Gasteiger charge is 2.16. The SMILES string of the molecule is CC(C(=O)NCc1cccnc1N(C)CCc1ccccn1)c1ccccc1. The quantitative estimate of drug-likeness (QED) is 0.655. The van der Waals surface area contributed by atoms with Crippen molar-refractivity contribution < 1.29 is 4.79 Å². The Morgan fingerprint density at radius 2 is 1.75 bits per heavy atom. The van der Waals surface area contributed by atoms with Crippen molar-refractivity contribution in [3.63, 3.8) is 0 Å². The van der Waals surface area contributed by atoms with Crippen molar-refractivity contribution in [2.24, 2.45) is 0 Å². The molecule has 0 aliphatic heterocycles. The number of pyridine rings is 2. The average molecular weight is 374 g/mol. The molecular formula is C23H26N4O. The monoisotopic (exact) mass is 374 g/mol. The zero-order valence-electron chi connectivity index (χ0n) is 16.4. The highest BCUT2D eigenvalue weighted by atomic mass is 16.1. The summed E-state index contributed by atoms with van der Waals surface area (Å²) in [7, 11) is 2.02. The van der Waals surface area contributed by atoms with Crippen LogP contribution in [0, 0.1) is 0 Å². The third-order valence-corrected chi connectivity index (χ3v) is 4.80. The lowest BCUT2D eigenvalue weighted by Crippen LogP contribution is -2.29. The highest BCUT2D eigenvalue weighted by Crippen LogP contribution is 2.18. The van der Waals surface area contributed by atoms with Crippen LogP contribution in [-0.2, 0) is 17.8 Å². The van der Waals surface area contributed by atoms with Crippen LogP contribution in [0.1, 0.15) is 29.7 Å². The molecule has 5 heteroatoms.